The Bertz CT molecular complexity index is 1070. The van der Waals surface area contributed by atoms with Gasteiger partial charge in [0.25, 0.3) is 0 Å². The van der Waals surface area contributed by atoms with Crippen molar-refractivity contribution in [3.05, 3.63) is 71.5 Å². The highest BCUT2D eigenvalue weighted by Gasteiger charge is 2.44. The van der Waals surface area contributed by atoms with E-state index in [4.69, 9.17) is 4.42 Å². The van der Waals surface area contributed by atoms with Gasteiger partial charge in [-0.1, -0.05) is 42.5 Å². The second kappa shape index (κ2) is 6.51. The molecule has 3 heterocycles. The molecule has 2 aliphatic rings. The average molecular weight is 374 g/mol. The minimum absolute atomic E-state index is 0.0319. The molecule has 1 saturated heterocycles. The van der Waals surface area contributed by atoms with Gasteiger partial charge in [-0.2, -0.15) is 0 Å². The Balaban J connectivity index is 1.47. The van der Waals surface area contributed by atoms with E-state index >= 15 is 0 Å². The summed E-state index contributed by atoms with van der Waals surface area (Å²) < 4.78 is 5.61. The quantitative estimate of drug-likeness (QED) is 0.691. The molecule has 0 aliphatic carbocycles. The molecule has 2 aliphatic heterocycles. The number of benzene rings is 2. The first-order valence-electron chi connectivity index (χ1n) is 9.69. The summed E-state index contributed by atoms with van der Waals surface area (Å²) in [5.41, 5.74) is 4.17. The van der Waals surface area contributed by atoms with E-state index in [2.05, 4.69) is 12.1 Å². The van der Waals surface area contributed by atoms with E-state index in [1.54, 1.807) is 13.2 Å². The SMILES string of the molecule is CC(=O)N1C[C@H]2c3ccccc3CN(C(=O)Cc3coc4ccccc34)[C@H]2C1. The highest BCUT2D eigenvalue weighted by molar-refractivity contribution is 5.88. The lowest BCUT2D eigenvalue weighted by molar-refractivity contribution is -0.135. The molecule has 5 rings (SSSR count). The molecule has 3 aromatic rings. The second-order valence-corrected chi connectivity index (χ2v) is 7.75. The zero-order valence-corrected chi connectivity index (χ0v) is 15.8. The van der Waals surface area contributed by atoms with Crippen molar-refractivity contribution < 1.29 is 14.0 Å². The molecule has 0 spiro atoms. The summed E-state index contributed by atoms with van der Waals surface area (Å²) in [5.74, 6) is 0.334. The van der Waals surface area contributed by atoms with E-state index in [0.29, 0.717) is 26.1 Å². The Morgan fingerprint density at radius 2 is 1.86 bits per heavy atom. The van der Waals surface area contributed by atoms with Crippen LogP contribution in [0.5, 0.6) is 0 Å². The van der Waals surface area contributed by atoms with Gasteiger partial charge < -0.3 is 14.2 Å². The van der Waals surface area contributed by atoms with Crippen LogP contribution in [0.25, 0.3) is 11.0 Å². The van der Waals surface area contributed by atoms with Crippen LogP contribution in [0.3, 0.4) is 0 Å². The minimum Gasteiger partial charge on any atom is -0.464 e. The van der Waals surface area contributed by atoms with Crippen molar-refractivity contribution in [2.45, 2.75) is 31.8 Å². The molecule has 2 aromatic carbocycles. The van der Waals surface area contributed by atoms with Gasteiger partial charge in [0.2, 0.25) is 11.8 Å². The smallest absolute Gasteiger partial charge is 0.227 e. The zero-order chi connectivity index (χ0) is 19.3. The first kappa shape index (κ1) is 17.0. The third-order valence-corrected chi connectivity index (χ3v) is 6.15. The summed E-state index contributed by atoms with van der Waals surface area (Å²) in [6, 6.07) is 16.1. The van der Waals surface area contributed by atoms with Gasteiger partial charge in [-0.15, -0.1) is 0 Å². The number of rotatable bonds is 2. The molecule has 2 atom stereocenters. The van der Waals surface area contributed by atoms with Gasteiger partial charge >= 0.3 is 0 Å². The highest BCUT2D eigenvalue weighted by Crippen LogP contribution is 2.38. The fourth-order valence-electron chi connectivity index (χ4n) is 4.71. The number of para-hydroxylation sites is 1. The van der Waals surface area contributed by atoms with Crippen LogP contribution in [0.4, 0.5) is 0 Å². The van der Waals surface area contributed by atoms with Gasteiger partial charge in [0.15, 0.2) is 0 Å². The zero-order valence-electron chi connectivity index (χ0n) is 15.8. The van der Waals surface area contributed by atoms with Crippen LogP contribution < -0.4 is 0 Å². The molecule has 0 bridgehead atoms. The van der Waals surface area contributed by atoms with Crippen LogP contribution in [0.15, 0.2) is 59.2 Å². The molecule has 142 valence electrons. The molecular weight excluding hydrogens is 352 g/mol. The number of carbonyl (C=O) groups is 2. The molecule has 5 heteroatoms. The van der Waals surface area contributed by atoms with Crippen LogP contribution in [0.1, 0.15) is 29.5 Å². The van der Waals surface area contributed by atoms with Crippen molar-refractivity contribution in [1.82, 2.24) is 9.80 Å². The average Bonchev–Trinajstić information content (AvgIpc) is 3.32. The predicted octanol–water partition coefficient (Wildman–Crippen LogP) is 3.33. The normalized spacial score (nSPS) is 20.9. The lowest BCUT2D eigenvalue weighted by Crippen LogP contribution is -2.47. The maximum absolute atomic E-state index is 13.3. The Kier molecular flexibility index (Phi) is 3.97. The van der Waals surface area contributed by atoms with Crippen LogP contribution in [0.2, 0.25) is 0 Å². The molecule has 0 radical (unpaired) electrons. The maximum atomic E-state index is 13.3. The van der Waals surface area contributed by atoms with E-state index in [1.165, 1.54) is 11.1 Å². The molecule has 28 heavy (non-hydrogen) atoms. The number of furan rings is 1. The molecule has 0 unspecified atom stereocenters. The number of amides is 2. The summed E-state index contributed by atoms with van der Waals surface area (Å²) in [5, 5.41) is 0.988. The number of carbonyl (C=O) groups excluding carboxylic acids is 2. The summed E-state index contributed by atoms with van der Waals surface area (Å²) in [6.07, 6.45) is 2.00. The van der Waals surface area contributed by atoms with Crippen molar-refractivity contribution in [2.24, 2.45) is 0 Å². The molecular formula is C23H22N2O3. The summed E-state index contributed by atoms with van der Waals surface area (Å²) in [6.45, 7) is 3.48. The van der Waals surface area contributed by atoms with E-state index in [0.717, 1.165) is 16.5 Å². The van der Waals surface area contributed by atoms with Crippen molar-refractivity contribution >= 4 is 22.8 Å². The summed E-state index contributed by atoms with van der Waals surface area (Å²) in [4.78, 5) is 29.1. The first-order chi connectivity index (χ1) is 13.6. The van der Waals surface area contributed by atoms with Crippen molar-refractivity contribution in [3.8, 4) is 0 Å². The maximum Gasteiger partial charge on any atom is 0.227 e. The van der Waals surface area contributed by atoms with Gasteiger partial charge in [0, 0.05) is 43.4 Å². The first-order valence-corrected chi connectivity index (χ1v) is 9.69. The van der Waals surface area contributed by atoms with E-state index in [1.807, 2.05) is 46.2 Å². The lowest BCUT2D eigenvalue weighted by atomic mass is 9.85. The van der Waals surface area contributed by atoms with Gasteiger partial charge in [-0.3, -0.25) is 9.59 Å². The standard InChI is InChI=1S/C23H22N2O3/c1-15(26)24-12-20-18-7-3-2-6-16(18)11-25(21(20)13-24)23(27)10-17-14-28-22-9-5-4-8-19(17)22/h2-9,14,20-21H,10-13H2,1H3/t20-,21-/m0/s1. The molecule has 0 saturated carbocycles. The highest BCUT2D eigenvalue weighted by atomic mass is 16.3. The number of hydrogen-bond donors (Lipinski definition) is 0. The number of hydrogen-bond acceptors (Lipinski definition) is 3. The van der Waals surface area contributed by atoms with Crippen LogP contribution in [-0.4, -0.2) is 40.7 Å². The number of fused-ring (bicyclic) bond motifs is 4. The van der Waals surface area contributed by atoms with Crippen LogP contribution in [-0.2, 0) is 22.6 Å². The molecule has 1 fully saturated rings. The predicted molar refractivity (Wildman–Crippen MR) is 106 cm³/mol. The van der Waals surface area contributed by atoms with Crippen molar-refractivity contribution in [3.63, 3.8) is 0 Å². The topological polar surface area (TPSA) is 53.8 Å². The number of nitrogens with zero attached hydrogens (tertiary/aromatic N) is 2. The minimum atomic E-state index is 0.0319. The monoisotopic (exact) mass is 374 g/mol. The third-order valence-electron chi connectivity index (χ3n) is 6.15. The van der Waals surface area contributed by atoms with Crippen LogP contribution in [0, 0.1) is 0 Å². The fraction of sp³-hybridized carbons (Fsp3) is 0.304. The van der Waals surface area contributed by atoms with Gasteiger partial charge in [-0.25, -0.2) is 0 Å². The Morgan fingerprint density at radius 1 is 1.07 bits per heavy atom. The third kappa shape index (κ3) is 2.70. The molecule has 2 amide bonds. The second-order valence-electron chi connectivity index (χ2n) is 7.75. The van der Waals surface area contributed by atoms with Crippen molar-refractivity contribution in [2.75, 3.05) is 13.1 Å². The van der Waals surface area contributed by atoms with E-state index < -0.39 is 0 Å². The molecule has 0 N–H and O–H groups in total. The van der Waals surface area contributed by atoms with Gasteiger partial charge in [-0.05, 0) is 17.2 Å². The summed E-state index contributed by atoms with van der Waals surface area (Å²) in [7, 11) is 0. The number of likely N-dealkylation sites (tertiary alicyclic amines) is 1. The summed E-state index contributed by atoms with van der Waals surface area (Å²) >= 11 is 0. The Hall–Kier alpha value is -3.08. The van der Waals surface area contributed by atoms with E-state index in [-0.39, 0.29) is 23.8 Å². The molecule has 1 aromatic heterocycles. The van der Waals surface area contributed by atoms with Crippen LogP contribution >= 0.6 is 0 Å². The van der Waals surface area contributed by atoms with Gasteiger partial charge in [0.1, 0.15) is 5.58 Å². The lowest BCUT2D eigenvalue weighted by Gasteiger charge is -2.38. The molecule has 5 nitrogen and oxygen atoms in total. The largest absolute Gasteiger partial charge is 0.464 e. The fourth-order valence-corrected chi connectivity index (χ4v) is 4.71. The van der Waals surface area contributed by atoms with Gasteiger partial charge in [0.05, 0.1) is 18.7 Å². The van der Waals surface area contributed by atoms with E-state index in [9.17, 15) is 9.59 Å². The Labute approximate surface area is 163 Å². The van der Waals surface area contributed by atoms with Crippen molar-refractivity contribution in [1.29, 1.82) is 0 Å². The Morgan fingerprint density at radius 3 is 2.71 bits per heavy atom.